The van der Waals surface area contributed by atoms with Gasteiger partial charge in [-0.05, 0) is 39.2 Å². The molecule has 2 aromatic carbocycles. The fourth-order valence-electron chi connectivity index (χ4n) is 1.65. The molecule has 86 valence electrons. The third kappa shape index (κ3) is 2.42. The predicted molar refractivity (Wildman–Crippen MR) is 74.2 cm³/mol. The average molecular weight is 356 g/mol. The molecule has 0 heterocycles. The Kier molecular flexibility index (Phi) is 3.64. The highest BCUT2D eigenvalue weighted by molar-refractivity contribution is 9.11. The van der Waals surface area contributed by atoms with Crippen molar-refractivity contribution in [3.63, 3.8) is 0 Å². The number of carboxylic acids is 1. The minimum absolute atomic E-state index is 0.277. The fraction of sp³-hybridized carbons (Fsp3) is 0. The van der Waals surface area contributed by atoms with Crippen LogP contribution in [0.4, 0.5) is 0 Å². The van der Waals surface area contributed by atoms with Crippen LogP contribution in [0, 0.1) is 0 Å². The molecule has 0 aliphatic carbocycles. The van der Waals surface area contributed by atoms with Crippen LogP contribution in [-0.2, 0) is 0 Å². The third-order valence-electron chi connectivity index (χ3n) is 2.39. The topological polar surface area (TPSA) is 37.3 Å². The molecule has 0 saturated heterocycles. The van der Waals surface area contributed by atoms with Gasteiger partial charge in [0.05, 0.1) is 5.56 Å². The van der Waals surface area contributed by atoms with Crippen molar-refractivity contribution in [2.75, 3.05) is 0 Å². The van der Waals surface area contributed by atoms with E-state index in [1.807, 2.05) is 30.3 Å². The molecule has 0 amide bonds. The molecular weight excluding hydrogens is 348 g/mol. The van der Waals surface area contributed by atoms with Gasteiger partial charge in [-0.2, -0.15) is 0 Å². The zero-order valence-corrected chi connectivity index (χ0v) is 11.8. The maximum absolute atomic E-state index is 11.3. The van der Waals surface area contributed by atoms with Gasteiger partial charge in [-0.3, -0.25) is 0 Å². The molecule has 0 spiro atoms. The average Bonchev–Trinajstić information content (AvgIpc) is 2.28. The summed E-state index contributed by atoms with van der Waals surface area (Å²) in [5.41, 5.74) is 1.84. The van der Waals surface area contributed by atoms with Crippen molar-refractivity contribution in [1.82, 2.24) is 0 Å². The smallest absolute Gasteiger partial charge is 0.337 e. The quantitative estimate of drug-likeness (QED) is 0.856. The normalized spacial score (nSPS) is 10.2. The molecule has 2 rings (SSSR count). The summed E-state index contributed by atoms with van der Waals surface area (Å²) in [4.78, 5) is 11.3. The van der Waals surface area contributed by atoms with Crippen molar-refractivity contribution in [2.45, 2.75) is 0 Å². The van der Waals surface area contributed by atoms with E-state index in [1.54, 1.807) is 12.1 Å². The van der Waals surface area contributed by atoms with Crippen molar-refractivity contribution >= 4 is 37.8 Å². The van der Waals surface area contributed by atoms with Gasteiger partial charge in [0.2, 0.25) is 0 Å². The van der Waals surface area contributed by atoms with Crippen LogP contribution in [0.2, 0.25) is 0 Å². The first kappa shape index (κ1) is 12.3. The SMILES string of the molecule is O=C(O)c1c(Br)cccc1-c1ccccc1Br. The molecule has 0 aromatic heterocycles. The molecule has 2 aromatic rings. The highest BCUT2D eigenvalue weighted by Crippen LogP contribution is 2.33. The lowest BCUT2D eigenvalue weighted by atomic mass is 10.00. The summed E-state index contributed by atoms with van der Waals surface area (Å²) in [6.07, 6.45) is 0. The highest BCUT2D eigenvalue weighted by atomic mass is 79.9. The van der Waals surface area contributed by atoms with Crippen LogP contribution in [0.3, 0.4) is 0 Å². The Morgan fingerprint density at radius 1 is 0.882 bits per heavy atom. The fourth-order valence-corrected chi connectivity index (χ4v) is 2.68. The van der Waals surface area contributed by atoms with Crippen molar-refractivity contribution < 1.29 is 9.90 Å². The van der Waals surface area contributed by atoms with E-state index in [0.29, 0.717) is 10.0 Å². The van der Waals surface area contributed by atoms with E-state index < -0.39 is 5.97 Å². The summed E-state index contributed by atoms with van der Waals surface area (Å²) in [6, 6.07) is 12.9. The Hall–Kier alpha value is -1.13. The second-order valence-electron chi connectivity index (χ2n) is 3.45. The summed E-state index contributed by atoms with van der Waals surface area (Å²) in [7, 11) is 0. The lowest BCUT2D eigenvalue weighted by Gasteiger charge is -2.09. The molecule has 0 saturated carbocycles. The largest absolute Gasteiger partial charge is 0.478 e. The first-order valence-corrected chi connectivity index (χ1v) is 6.46. The van der Waals surface area contributed by atoms with E-state index in [4.69, 9.17) is 0 Å². The van der Waals surface area contributed by atoms with Gasteiger partial charge in [0, 0.05) is 8.95 Å². The van der Waals surface area contributed by atoms with Crippen molar-refractivity contribution in [3.05, 3.63) is 57.0 Å². The van der Waals surface area contributed by atoms with Crippen LogP contribution in [0.15, 0.2) is 51.4 Å². The lowest BCUT2D eigenvalue weighted by molar-refractivity contribution is 0.0697. The third-order valence-corrected chi connectivity index (χ3v) is 3.74. The summed E-state index contributed by atoms with van der Waals surface area (Å²) in [5, 5.41) is 9.25. The molecule has 0 bridgehead atoms. The first-order chi connectivity index (χ1) is 8.11. The van der Waals surface area contributed by atoms with Crippen LogP contribution in [0.5, 0.6) is 0 Å². The van der Waals surface area contributed by atoms with E-state index >= 15 is 0 Å². The Morgan fingerprint density at radius 2 is 1.47 bits per heavy atom. The molecule has 0 fully saturated rings. The van der Waals surface area contributed by atoms with Crippen molar-refractivity contribution in [3.8, 4) is 11.1 Å². The van der Waals surface area contributed by atoms with Crippen LogP contribution in [-0.4, -0.2) is 11.1 Å². The Morgan fingerprint density at radius 3 is 2.12 bits per heavy atom. The first-order valence-electron chi connectivity index (χ1n) is 4.88. The summed E-state index contributed by atoms with van der Waals surface area (Å²) in [5.74, 6) is -0.941. The van der Waals surface area contributed by atoms with E-state index in [9.17, 15) is 9.90 Å². The Balaban J connectivity index is 2.72. The summed E-state index contributed by atoms with van der Waals surface area (Å²) >= 11 is 6.71. The van der Waals surface area contributed by atoms with Crippen LogP contribution in [0.1, 0.15) is 10.4 Å². The highest BCUT2D eigenvalue weighted by Gasteiger charge is 2.16. The molecule has 4 heteroatoms. The lowest BCUT2D eigenvalue weighted by Crippen LogP contribution is -2.01. The minimum Gasteiger partial charge on any atom is -0.478 e. The number of rotatable bonds is 2. The second-order valence-corrected chi connectivity index (χ2v) is 5.16. The van der Waals surface area contributed by atoms with Crippen LogP contribution >= 0.6 is 31.9 Å². The number of carbonyl (C=O) groups is 1. The summed E-state index contributed by atoms with van der Waals surface area (Å²) in [6.45, 7) is 0. The Labute approximate surface area is 116 Å². The molecule has 0 aliphatic heterocycles. The van der Waals surface area contributed by atoms with Gasteiger partial charge in [0.1, 0.15) is 0 Å². The number of carboxylic acid groups (broad SMARTS) is 1. The molecule has 0 unspecified atom stereocenters. The van der Waals surface area contributed by atoms with Crippen molar-refractivity contribution in [2.24, 2.45) is 0 Å². The molecular formula is C13H8Br2O2. The number of benzene rings is 2. The van der Waals surface area contributed by atoms with E-state index in [2.05, 4.69) is 31.9 Å². The van der Waals surface area contributed by atoms with Gasteiger partial charge in [0.25, 0.3) is 0 Å². The molecule has 17 heavy (non-hydrogen) atoms. The maximum Gasteiger partial charge on any atom is 0.337 e. The van der Waals surface area contributed by atoms with Gasteiger partial charge >= 0.3 is 5.97 Å². The molecule has 1 N–H and O–H groups in total. The van der Waals surface area contributed by atoms with Crippen LogP contribution in [0.25, 0.3) is 11.1 Å². The van der Waals surface area contributed by atoms with Crippen LogP contribution < -0.4 is 0 Å². The van der Waals surface area contributed by atoms with Gasteiger partial charge in [-0.1, -0.05) is 46.3 Å². The molecule has 0 atom stereocenters. The van der Waals surface area contributed by atoms with Gasteiger partial charge in [-0.25, -0.2) is 4.79 Å². The van der Waals surface area contributed by atoms with Crippen molar-refractivity contribution in [1.29, 1.82) is 0 Å². The zero-order valence-electron chi connectivity index (χ0n) is 8.65. The van der Waals surface area contributed by atoms with Gasteiger partial charge < -0.3 is 5.11 Å². The summed E-state index contributed by atoms with van der Waals surface area (Å²) < 4.78 is 1.46. The molecule has 2 nitrogen and oxygen atoms in total. The Bertz CT molecular complexity index is 579. The zero-order chi connectivity index (χ0) is 12.4. The number of halogens is 2. The molecule has 0 aliphatic rings. The van der Waals surface area contributed by atoms with E-state index in [1.165, 1.54) is 0 Å². The van der Waals surface area contributed by atoms with Gasteiger partial charge in [-0.15, -0.1) is 0 Å². The number of hydrogen-bond donors (Lipinski definition) is 1. The number of aromatic carboxylic acids is 1. The standard InChI is InChI=1S/C13H8Br2O2/c14-10-6-2-1-4-8(10)9-5-3-7-11(15)12(9)13(16)17/h1-7H,(H,16,17). The number of hydrogen-bond acceptors (Lipinski definition) is 1. The minimum atomic E-state index is -0.941. The maximum atomic E-state index is 11.3. The van der Waals surface area contributed by atoms with E-state index in [-0.39, 0.29) is 5.56 Å². The second kappa shape index (κ2) is 5.02. The van der Waals surface area contributed by atoms with Gasteiger partial charge in [0.15, 0.2) is 0 Å². The predicted octanol–water partition coefficient (Wildman–Crippen LogP) is 4.58. The monoisotopic (exact) mass is 354 g/mol. The molecule has 0 radical (unpaired) electrons. The van der Waals surface area contributed by atoms with E-state index in [0.717, 1.165) is 10.0 Å².